The van der Waals surface area contributed by atoms with Crippen molar-refractivity contribution in [2.24, 2.45) is 0 Å². The van der Waals surface area contributed by atoms with Crippen LogP contribution in [-0.4, -0.2) is 6.26 Å². The fourth-order valence-corrected chi connectivity index (χ4v) is 2.19. The smallest absolute Gasteiger partial charge is 0.0619 e. The van der Waals surface area contributed by atoms with Crippen molar-refractivity contribution in [2.45, 2.75) is 11.1 Å². The number of rotatable bonds is 1. The van der Waals surface area contributed by atoms with Gasteiger partial charge in [-0.25, -0.2) is 0 Å². The summed E-state index contributed by atoms with van der Waals surface area (Å²) in [6.45, 7) is 2.04. The third-order valence-electron chi connectivity index (χ3n) is 1.13. The minimum atomic E-state index is 0.921. The molecule has 2 N–H and O–H groups in total. The largest absolute Gasteiger partial charge is 0.398 e. The minimum absolute atomic E-state index is 0.921. The Bertz CT molecular complexity index is 185. The van der Waals surface area contributed by atoms with Gasteiger partial charge in [-0.3, -0.25) is 0 Å². The Morgan fingerprint density at radius 3 is 2.56 bits per heavy atom. The maximum absolute atomic E-state index is 5.61. The van der Waals surface area contributed by atoms with Gasteiger partial charge in [0.1, 0.15) is 0 Å². The first kappa shape index (κ1) is 6.96. The summed E-state index contributed by atoms with van der Waals surface area (Å²) in [5.74, 6) is 0. The van der Waals surface area contributed by atoms with Crippen molar-refractivity contribution in [2.75, 3.05) is 12.0 Å². The first-order valence-corrected chi connectivity index (χ1v) is 4.68. The topological polar surface area (TPSA) is 26.0 Å². The van der Waals surface area contributed by atoms with Gasteiger partial charge >= 0.3 is 0 Å². The number of hydrogen-bond donors (Lipinski definition) is 1. The molecule has 0 aliphatic heterocycles. The average molecular weight is 159 g/mol. The average Bonchev–Trinajstić information content (AvgIpc) is 2.13. The lowest BCUT2D eigenvalue weighted by Gasteiger charge is -1.80. The summed E-state index contributed by atoms with van der Waals surface area (Å²) < 4.78 is 1.30. The molecule has 3 heteroatoms. The van der Waals surface area contributed by atoms with Crippen LogP contribution in [0.5, 0.6) is 0 Å². The van der Waals surface area contributed by atoms with Gasteiger partial charge in [-0.2, -0.15) is 0 Å². The summed E-state index contributed by atoms with van der Waals surface area (Å²) in [5, 5.41) is 0. The predicted molar refractivity (Wildman–Crippen MR) is 45.2 cm³/mol. The Kier molecular flexibility index (Phi) is 2.03. The molecular formula is C6H9NS2. The van der Waals surface area contributed by atoms with Crippen LogP contribution in [0.2, 0.25) is 0 Å². The highest BCUT2D eigenvalue weighted by Crippen LogP contribution is 2.29. The number of anilines is 1. The van der Waals surface area contributed by atoms with Crippen LogP contribution < -0.4 is 5.73 Å². The van der Waals surface area contributed by atoms with Crippen molar-refractivity contribution >= 4 is 28.8 Å². The monoisotopic (exact) mass is 159 g/mol. The van der Waals surface area contributed by atoms with Crippen LogP contribution in [0.1, 0.15) is 4.88 Å². The molecule has 0 unspecified atom stereocenters. The quantitative estimate of drug-likeness (QED) is 0.637. The minimum Gasteiger partial charge on any atom is -0.398 e. The fourth-order valence-electron chi connectivity index (χ4n) is 0.568. The molecule has 1 aromatic heterocycles. The van der Waals surface area contributed by atoms with Crippen molar-refractivity contribution in [3.05, 3.63) is 10.9 Å². The van der Waals surface area contributed by atoms with Gasteiger partial charge in [0.2, 0.25) is 0 Å². The third kappa shape index (κ3) is 1.40. The van der Waals surface area contributed by atoms with Crippen molar-refractivity contribution in [3.63, 3.8) is 0 Å². The highest BCUT2D eigenvalue weighted by Gasteiger charge is 1.98. The second kappa shape index (κ2) is 2.62. The Hall–Kier alpha value is -0.150. The lowest BCUT2D eigenvalue weighted by molar-refractivity contribution is 1.61. The SMILES string of the molecule is CSc1cc(N)c(C)s1. The molecule has 1 aromatic rings. The summed E-state index contributed by atoms with van der Waals surface area (Å²) in [4.78, 5) is 1.22. The number of thiophene rings is 1. The first-order valence-electron chi connectivity index (χ1n) is 2.64. The number of hydrogen-bond acceptors (Lipinski definition) is 3. The third-order valence-corrected chi connectivity index (χ3v) is 3.27. The molecule has 0 aliphatic carbocycles. The number of aryl methyl sites for hydroxylation is 1. The Morgan fingerprint density at radius 1 is 1.67 bits per heavy atom. The molecule has 0 radical (unpaired) electrons. The molecule has 0 atom stereocenters. The zero-order chi connectivity index (χ0) is 6.85. The molecule has 0 bridgehead atoms. The normalized spacial score (nSPS) is 10.0. The molecule has 0 aliphatic rings. The molecule has 0 amide bonds. The van der Waals surface area contributed by atoms with E-state index in [2.05, 4.69) is 6.26 Å². The lowest BCUT2D eigenvalue weighted by Crippen LogP contribution is -1.80. The van der Waals surface area contributed by atoms with Crippen LogP contribution >= 0.6 is 23.1 Å². The summed E-state index contributed by atoms with van der Waals surface area (Å²) in [5.41, 5.74) is 6.53. The van der Waals surface area contributed by atoms with Gasteiger partial charge in [0, 0.05) is 10.6 Å². The molecular weight excluding hydrogens is 150 g/mol. The zero-order valence-electron chi connectivity index (χ0n) is 5.47. The highest BCUT2D eigenvalue weighted by molar-refractivity contribution is 8.00. The molecule has 50 valence electrons. The Morgan fingerprint density at radius 2 is 2.33 bits per heavy atom. The van der Waals surface area contributed by atoms with Gasteiger partial charge in [0.25, 0.3) is 0 Å². The highest BCUT2D eigenvalue weighted by atomic mass is 32.2. The number of nitrogens with two attached hydrogens (primary N) is 1. The van der Waals surface area contributed by atoms with Crippen LogP contribution in [0.4, 0.5) is 5.69 Å². The van der Waals surface area contributed by atoms with Gasteiger partial charge < -0.3 is 5.73 Å². The Balaban J connectivity index is 2.98. The van der Waals surface area contributed by atoms with Crippen LogP contribution in [0.15, 0.2) is 10.3 Å². The molecule has 0 spiro atoms. The van der Waals surface area contributed by atoms with E-state index in [9.17, 15) is 0 Å². The molecule has 9 heavy (non-hydrogen) atoms. The van der Waals surface area contributed by atoms with E-state index in [0.29, 0.717) is 0 Å². The molecule has 1 nitrogen and oxygen atoms in total. The maximum Gasteiger partial charge on any atom is 0.0619 e. The van der Waals surface area contributed by atoms with Gasteiger partial charge in [-0.15, -0.1) is 23.1 Å². The van der Waals surface area contributed by atoms with Gasteiger partial charge in [0.15, 0.2) is 0 Å². The molecule has 1 rings (SSSR count). The summed E-state index contributed by atoms with van der Waals surface area (Å²) in [6, 6.07) is 2.02. The van der Waals surface area contributed by atoms with Crippen LogP contribution in [0, 0.1) is 6.92 Å². The van der Waals surface area contributed by atoms with Crippen LogP contribution in [-0.2, 0) is 0 Å². The van der Waals surface area contributed by atoms with Crippen molar-refractivity contribution < 1.29 is 0 Å². The van der Waals surface area contributed by atoms with Crippen molar-refractivity contribution in [1.82, 2.24) is 0 Å². The first-order chi connectivity index (χ1) is 4.24. The zero-order valence-corrected chi connectivity index (χ0v) is 7.10. The van der Waals surface area contributed by atoms with Gasteiger partial charge in [-0.1, -0.05) is 0 Å². The number of nitrogen functional groups attached to an aromatic ring is 1. The summed E-state index contributed by atoms with van der Waals surface area (Å²) >= 11 is 3.49. The van der Waals surface area contributed by atoms with Crippen LogP contribution in [0.3, 0.4) is 0 Å². The van der Waals surface area contributed by atoms with E-state index in [1.165, 1.54) is 9.09 Å². The fraction of sp³-hybridized carbons (Fsp3) is 0.333. The second-order valence-corrected chi connectivity index (χ2v) is 4.14. The van der Waals surface area contributed by atoms with Gasteiger partial charge in [0.05, 0.1) is 4.21 Å². The summed E-state index contributed by atoms with van der Waals surface area (Å²) in [6.07, 6.45) is 2.06. The predicted octanol–water partition coefficient (Wildman–Crippen LogP) is 2.36. The standard InChI is InChI=1S/C6H9NS2/c1-4-5(7)3-6(8-2)9-4/h3H,7H2,1-2H3. The summed E-state index contributed by atoms with van der Waals surface area (Å²) in [7, 11) is 0. The molecule has 0 aromatic carbocycles. The van der Waals surface area contributed by atoms with E-state index >= 15 is 0 Å². The van der Waals surface area contributed by atoms with E-state index in [1.807, 2.05) is 13.0 Å². The van der Waals surface area contributed by atoms with E-state index < -0.39 is 0 Å². The number of thioether (sulfide) groups is 1. The lowest BCUT2D eigenvalue weighted by atomic mass is 10.4. The maximum atomic E-state index is 5.61. The Labute approximate surface area is 63.3 Å². The van der Waals surface area contributed by atoms with E-state index in [4.69, 9.17) is 5.73 Å². The van der Waals surface area contributed by atoms with Crippen molar-refractivity contribution in [1.29, 1.82) is 0 Å². The van der Waals surface area contributed by atoms with Crippen LogP contribution in [0.25, 0.3) is 0 Å². The second-order valence-electron chi connectivity index (χ2n) is 1.78. The van der Waals surface area contributed by atoms with E-state index in [1.54, 1.807) is 23.1 Å². The van der Waals surface area contributed by atoms with Crippen molar-refractivity contribution in [3.8, 4) is 0 Å². The molecule has 0 fully saturated rings. The molecule has 0 saturated carbocycles. The van der Waals surface area contributed by atoms with E-state index in [0.717, 1.165) is 5.69 Å². The molecule has 0 saturated heterocycles. The van der Waals surface area contributed by atoms with Gasteiger partial charge in [-0.05, 0) is 19.2 Å². The van der Waals surface area contributed by atoms with E-state index in [-0.39, 0.29) is 0 Å². The molecule has 1 heterocycles.